The summed E-state index contributed by atoms with van der Waals surface area (Å²) >= 11 is 0. The average molecular weight is 419 g/mol. The first-order chi connectivity index (χ1) is 14.7. The van der Waals surface area contributed by atoms with Crippen LogP contribution in [0.25, 0.3) is 0 Å². The van der Waals surface area contributed by atoms with E-state index in [0.717, 1.165) is 48.2 Å². The van der Waals surface area contributed by atoms with Crippen molar-refractivity contribution in [3.8, 4) is 0 Å². The van der Waals surface area contributed by atoms with Crippen LogP contribution in [-0.2, 0) is 0 Å². The van der Waals surface area contributed by atoms with E-state index >= 15 is 0 Å². The Balaban J connectivity index is 1.07. The quantitative estimate of drug-likeness (QED) is 0.511. The monoisotopic (exact) mass is 418 g/mol. The van der Waals surface area contributed by atoms with E-state index in [0.29, 0.717) is 0 Å². The van der Waals surface area contributed by atoms with Gasteiger partial charge in [-0.05, 0) is 70.1 Å². The van der Waals surface area contributed by atoms with Crippen LogP contribution >= 0.6 is 0 Å². The SMILES string of the molecule is C[NH+]C1CCC(NC2CCC([NH+]C3CCC(NC4CCC(C)CC4)CC3)CC2)CC1. The van der Waals surface area contributed by atoms with Crippen molar-refractivity contribution in [3.05, 3.63) is 0 Å². The van der Waals surface area contributed by atoms with Gasteiger partial charge in [-0.3, -0.25) is 0 Å². The van der Waals surface area contributed by atoms with E-state index in [1.807, 2.05) is 0 Å². The molecule has 0 unspecified atom stereocenters. The summed E-state index contributed by atoms with van der Waals surface area (Å²) in [7, 11) is 2.12. The highest BCUT2D eigenvalue weighted by atomic mass is 15.0. The van der Waals surface area contributed by atoms with Crippen LogP contribution < -0.4 is 21.3 Å². The minimum Gasteiger partial charge on any atom is -0.311 e. The zero-order valence-corrected chi connectivity index (χ0v) is 19.9. The van der Waals surface area contributed by atoms with E-state index in [1.54, 1.807) is 0 Å². The molecule has 4 aliphatic rings. The van der Waals surface area contributed by atoms with Crippen LogP contribution in [0.2, 0.25) is 0 Å². The van der Waals surface area contributed by atoms with Gasteiger partial charge >= 0.3 is 0 Å². The summed E-state index contributed by atoms with van der Waals surface area (Å²) in [6.45, 7) is 2.42. The molecule has 0 aromatic heterocycles. The molecule has 4 nitrogen and oxygen atoms in total. The summed E-state index contributed by atoms with van der Waals surface area (Å²) < 4.78 is 0. The molecule has 4 N–H and O–H groups in total. The van der Waals surface area contributed by atoms with Crippen molar-refractivity contribution in [1.82, 2.24) is 10.6 Å². The number of rotatable bonds is 7. The molecule has 0 aromatic rings. The molecule has 0 aromatic carbocycles. The van der Waals surface area contributed by atoms with Crippen LogP contribution in [0.5, 0.6) is 0 Å². The molecule has 4 heteroatoms. The van der Waals surface area contributed by atoms with Gasteiger partial charge in [0, 0.05) is 62.7 Å². The predicted octanol–water partition coefficient (Wildman–Crippen LogP) is 2.01. The maximum absolute atomic E-state index is 4.06. The standard InChI is InChI=1S/C26H50N4/c1-19-3-5-21(6-4-19)28-23-11-13-25(14-12-23)30-26-17-15-24(16-18-26)29-22-9-7-20(27-2)8-10-22/h19-30H,3-18H2,1-2H3/q+2. The maximum atomic E-state index is 4.06. The predicted molar refractivity (Wildman–Crippen MR) is 124 cm³/mol. The number of nitrogens with one attached hydrogen (secondary N) is 4. The van der Waals surface area contributed by atoms with Crippen LogP contribution in [0, 0.1) is 5.92 Å². The van der Waals surface area contributed by atoms with Gasteiger partial charge in [0.2, 0.25) is 0 Å². The maximum Gasteiger partial charge on any atom is 0.131 e. The summed E-state index contributed by atoms with van der Waals surface area (Å²) in [5.41, 5.74) is 0. The van der Waals surface area contributed by atoms with Gasteiger partial charge in [0.1, 0.15) is 25.2 Å². The van der Waals surface area contributed by atoms with E-state index in [-0.39, 0.29) is 0 Å². The summed E-state index contributed by atoms with van der Waals surface area (Å²) in [6.07, 6.45) is 22.2. The zero-order valence-electron chi connectivity index (χ0n) is 19.9. The molecule has 0 spiro atoms. The molecule has 0 bridgehead atoms. The molecule has 2 radical (unpaired) electrons. The minimum atomic E-state index is 0.764. The summed E-state index contributed by atoms with van der Waals surface area (Å²) in [5.74, 6) is 0.960. The Kier molecular flexibility index (Phi) is 8.92. The third-order valence-corrected chi connectivity index (χ3v) is 9.02. The number of hydrogen-bond donors (Lipinski definition) is 4. The Labute approximate surface area is 186 Å². The van der Waals surface area contributed by atoms with Crippen LogP contribution in [0.1, 0.15) is 110 Å². The molecular formula is C26H50N4+2. The van der Waals surface area contributed by atoms with Gasteiger partial charge in [0.25, 0.3) is 0 Å². The first kappa shape index (κ1) is 23.0. The second-order valence-electron chi connectivity index (χ2n) is 11.4. The molecule has 172 valence electrons. The molecule has 30 heavy (non-hydrogen) atoms. The van der Waals surface area contributed by atoms with E-state index < -0.39 is 0 Å². The second-order valence-corrected chi connectivity index (χ2v) is 11.4. The van der Waals surface area contributed by atoms with Gasteiger partial charge in [0.05, 0.1) is 0 Å². The lowest BCUT2D eigenvalue weighted by Gasteiger charge is -2.35. The number of hydrogen-bond acceptors (Lipinski definition) is 4. The summed E-state index contributed by atoms with van der Waals surface area (Å²) in [4.78, 5) is 0. The molecular weight excluding hydrogens is 368 g/mol. The van der Waals surface area contributed by atoms with E-state index in [9.17, 15) is 0 Å². The second kappa shape index (κ2) is 11.6. The third-order valence-electron chi connectivity index (χ3n) is 9.02. The summed E-state index contributed by atoms with van der Waals surface area (Å²) in [6, 6.07) is 5.47. The highest BCUT2D eigenvalue weighted by molar-refractivity contribution is 4.85. The molecule has 4 saturated carbocycles. The van der Waals surface area contributed by atoms with Gasteiger partial charge in [-0.2, -0.15) is 10.6 Å². The molecule has 0 amide bonds. The molecule has 0 heterocycles. The minimum absolute atomic E-state index is 0.764. The Morgan fingerprint density at radius 2 is 0.800 bits per heavy atom. The van der Waals surface area contributed by atoms with Crippen LogP contribution in [-0.4, -0.2) is 49.3 Å². The van der Waals surface area contributed by atoms with Crippen molar-refractivity contribution in [2.75, 3.05) is 7.05 Å². The normalized spacial score (nSPS) is 43.4. The Morgan fingerprint density at radius 1 is 0.467 bits per heavy atom. The molecule has 0 aliphatic heterocycles. The highest BCUT2D eigenvalue weighted by Crippen LogP contribution is 2.26. The van der Waals surface area contributed by atoms with Gasteiger partial charge in [-0.15, -0.1) is 0 Å². The fourth-order valence-electron chi connectivity index (χ4n) is 6.83. The fraction of sp³-hybridized carbons (Fsp3) is 1.00. The Bertz CT molecular complexity index is 465. The summed E-state index contributed by atoms with van der Waals surface area (Å²) in [5, 5.41) is 15.5. The Morgan fingerprint density at radius 3 is 1.17 bits per heavy atom. The van der Waals surface area contributed by atoms with Crippen LogP contribution in [0.15, 0.2) is 0 Å². The molecule has 4 aliphatic carbocycles. The zero-order chi connectivity index (χ0) is 20.8. The third kappa shape index (κ3) is 6.92. The van der Waals surface area contributed by atoms with Gasteiger partial charge in [0.15, 0.2) is 0 Å². The van der Waals surface area contributed by atoms with Crippen molar-refractivity contribution in [3.63, 3.8) is 0 Å². The van der Waals surface area contributed by atoms with Crippen LogP contribution in [0.4, 0.5) is 0 Å². The topological polar surface area (TPSA) is 55.3 Å². The van der Waals surface area contributed by atoms with Crippen molar-refractivity contribution in [1.29, 1.82) is 0 Å². The van der Waals surface area contributed by atoms with Crippen molar-refractivity contribution >= 4 is 0 Å². The molecule has 4 fully saturated rings. The average Bonchev–Trinajstić information content (AvgIpc) is 2.78. The van der Waals surface area contributed by atoms with E-state index in [4.69, 9.17) is 0 Å². The molecule has 4 rings (SSSR count). The molecule has 0 saturated heterocycles. The van der Waals surface area contributed by atoms with E-state index in [2.05, 4.69) is 35.2 Å². The van der Waals surface area contributed by atoms with E-state index in [1.165, 1.54) is 103 Å². The Hall–Kier alpha value is -0.160. The highest BCUT2D eigenvalue weighted by Gasteiger charge is 2.34. The lowest BCUT2D eigenvalue weighted by atomic mass is 9.84. The van der Waals surface area contributed by atoms with Crippen molar-refractivity contribution in [2.45, 2.75) is 152 Å². The lowest BCUT2D eigenvalue weighted by molar-refractivity contribution is -0.726. The molecule has 0 atom stereocenters. The smallest absolute Gasteiger partial charge is 0.131 e. The lowest BCUT2D eigenvalue weighted by Crippen LogP contribution is -2.95. The van der Waals surface area contributed by atoms with Gasteiger partial charge in [-0.1, -0.05) is 6.92 Å². The first-order valence-corrected chi connectivity index (χ1v) is 13.6. The fourth-order valence-corrected chi connectivity index (χ4v) is 6.83. The van der Waals surface area contributed by atoms with Crippen LogP contribution in [0.3, 0.4) is 0 Å². The van der Waals surface area contributed by atoms with Gasteiger partial charge in [-0.25, -0.2) is 0 Å². The largest absolute Gasteiger partial charge is 0.311 e. The van der Waals surface area contributed by atoms with Crippen molar-refractivity contribution < 1.29 is 10.6 Å². The first-order valence-electron chi connectivity index (χ1n) is 13.6. The van der Waals surface area contributed by atoms with Gasteiger partial charge < -0.3 is 10.6 Å². The van der Waals surface area contributed by atoms with Crippen molar-refractivity contribution in [2.24, 2.45) is 5.92 Å².